The predicted octanol–water partition coefficient (Wildman–Crippen LogP) is 3.01. The molecule has 0 bridgehead atoms. The second-order valence-corrected chi connectivity index (χ2v) is 4.39. The lowest BCUT2D eigenvalue weighted by atomic mass is 10.1. The van der Waals surface area contributed by atoms with Crippen molar-refractivity contribution in [1.82, 2.24) is 4.90 Å². The molecule has 0 aromatic heterocycles. The lowest BCUT2D eigenvalue weighted by Gasteiger charge is -2.12. The summed E-state index contributed by atoms with van der Waals surface area (Å²) in [7, 11) is 0. The minimum absolute atomic E-state index is 0.0306. The summed E-state index contributed by atoms with van der Waals surface area (Å²) in [5.41, 5.74) is 1.25. The average Bonchev–Trinajstić information content (AvgIpc) is 2.82. The van der Waals surface area contributed by atoms with E-state index in [0.717, 1.165) is 13.1 Å². The van der Waals surface area contributed by atoms with Crippen LogP contribution in [0.2, 0.25) is 0 Å². The highest BCUT2D eigenvalue weighted by Crippen LogP contribution is 2.13. The number of hydrogen-bond acceptors (Lipinski definition) is 2. The zero-order valence-corrected chi connectivity index (χ0v) is 9.95. The second kappa shape index (κ2) is 5.13. The fourth-order valence-corrected chi connectivity index (χ4v) is 2.03. The SMILES string of the molecule is CC(=CN1CCCC1)C(=O)c1ccc(F)cc1. The number of ketones is 1. The van der Waals surface area contributed by atoms with Gasteiger partial charge in [-0.1, -0.05) is 0 Å². The smallest absolute Gasteiger partial charge is 0.190 e. The number of halogens is 1. The van der Waals surface area contributed by atoms with Crippen molar-refractivity contribution in [3.63, 3.8) is 0 Å². The van der Waals surface area contributed by atoms with Gasteiger partial charge in [0, 0.05) is 30.4 Å². The number of benzene rings is 1. The van der Waals surface area contributed by atoms with Crippen LogP contribution >= 0.6 is 0 Å². The third-order valence-corrected chi connectivity index (χ3v) is 2.98. The third-order valence-electron chi connectivity index (χ3n) is 2.98. The number of Topliss-reactive ketones (excluding diaryl/α,β-unsaturated/α-hetero) is 1. The summed E-state index contributed by atoms with van der Waals surface area (Å²) in [5, 5.41) is 0. The summed E-state index contributed by atoms with van der Waals surface area (Å²) >= 11 is 0. The van der Waals surface area contributed by atoms with Gasteiger partial charge in [0.05, 0.1) is 0 Å². The highest BCUT2D eigenvalue weighted by molar-refractivity contribution is 6.08. The Morgan fingerprint density at radius 3 is 2.41 bits per heavy atom. The Kier molecular flexibility index (Phi) is 3.57. The molecule has 0 amide bonds. The van der Waals surface area contributed by atoms with Gasteiger partial charge in [0.1, 0.15) is 5.82 Å². The van der Waals surface area contributed by atoms with E-state index in [2.05, 4.69) is 4.90 Å². The molecule has 3 heteroatoms. The van der Waals surface area contributed by atoms with Crippen LogP contribution in [0.5, 0.6) is 0 Å². The van der Waals surface area contributed by atoms with Crippen molar-refractivity contribution in [1.29, 1.82) is 0 Å². The Bertz CT molecular complexity index is 430. The first kappa shape index (κ1) is 11.8. The van der Waals surface area contributed by atoms with E-state index in [4.69, 9.17) is 0 Å². The van der Waals surface area contributed by atoms with E-state index in [1.54, 1.807) is 0 Å². The molecule has 90 valence electrons. The summed E-state index contributed by atoms with van der Waals surface area (Å²) in [6, 6.07) is 5.69. The highest BCUT2D eigenvalue weighted by Gasteiger charge is 2.12. The van der Waals surface area contributed by atoms with E-state index >= 15 is 0 Å². The molecule has 1 aromatic carbocycles. The molecule has 1 aliphatic rings. The molecular formula is C14H16FNO. The van der Waals surface area contributed by atoms with Crippen LogP contribution in [-0.2, 0) is 0 Å². The van der Waals surface area contributed by atoms with Crippen molar-refractivity contribution >= 4 is 5.78 Å². The van der Waals surface area contributed by atoms with Crippen LogP contribution in [-0.4, -0.2) is 23.8 Å². The summed E-state index contributed by atoms with van der Waals surface area (Å²) in [6.07, 6.45) is 4.29. The Hall–Kier alpha value is -1.64. The normalized spacial score (nSPS) is 16.4. The molecule has 0 spiro atoms. The first-order valence-corrected chi connectivity index (χ1v) is 5.89. The van der Waals surface area contributed by atoms with Gasteiger partial charge < -0.3 is 4.90 Å². The second-order valence-electron chi connectivity index (χ2n) is 4.39. The maximum absolute atomic E-state index is 12.7. The number of carbonyl (C=O) groups is 1. The molecule has 2 nitrogen and oxygen atoms in total. The number of hydrogen-bond donors (Lipinski definition) is 0. The lowest BCUT2D eigenvalue weighted by Crippen LogP contribution is -2.13. The number of carbonyl (C=O) groups excluding carboxylic acids is 1. The van der Waals surface area contributed by atoms with Gasteiger partial charge in [-0.25, -0.2) is 4.39 Å². The number of nitrogens with zero attached hydrogens (tertiary/aromatic N) is 1. The van der Waals surface area contributed by atoms with Crippen molar-refractivity contribution in [3.05, 3.63) is 47.4 Å². The van der Waals surface area contributed by atoms with Gasteiger partial charge in [-0.15, -0.1) is 0 Å². The number of likely N-dealkylation sites (tertiary alicyclic amines) is 1. The molecule has 0 N–H and O–H groups in total. The van der Waals surface area contributed by atoms with Gasteiger partial charge in [-0.2, -0.15) is 0 Å². The van der Waals surface area contributed by atoms with Gasteiger partial charge >= 0.3 is 0 Å². The van der Waals surface area contributed by atoms with Crippen molar-refractivity contribution in [2.75, 3.05) is 13.1 Å². The maximum atomic E-state index is 12.7. The van der Waals surface area contributed by atoms with Crippen molar-refractivity contribution in [2.45, 2.75) is 19.8 Å². The van der Waals surface area contributed by atoms with Crippen LogP contribution in [0.3, 0.4) is 0 Å². The Morgan fingerprint density at radius 1 is 1.24 bits per heavy atom. The highest BCUT2D eigenvalue weighted by atomic mass is 19.1. The number of allylic oxidation sites excluding steroid dienone is 1. The molecule has 0 unspecified atom stereocenters. The van der Waals surface area contributed by atoms with Crippen LogP contribution in [0, 0.1) is 5.82 Å². The van der Waals surface area contributed by atoms with Crippen LogP contribution in [0.25, 0.3) is 0 Å². The monoisotopic (exact) mass is 233 g/mol. The van der Waals surface area contributed by atoms with Crippen LogP contribution in [0.4, 0.5) is 4.39 Å². The molecule has 1 fully saturated rings. The van der Waals surface area contributed by atoms with Gasteiger partial charge in [-0.3, -0.25) is 4.79 Å². The molecule has 1 aromatic rings. The molecule has 17 heavy (non-hydrogen) atoms. The topological polar surface area (TPSA) is 20.3 Å². The van der Waals surface area contributed by atoms with Crippen molar-refractivity contribution < 1.29 is 9.18 Å². The van der Waals surface area contributed by atoms with E-state index in [1.807, 2.05) is 13.1 Å². The maximum Gasteiger partial charge on any atom is 0.190 e. The Morgan fingerprint density at radius 2 is 1.82 bits per heavy atom. The molecular weight excluding hydrogens is 217 g/mol. The van der Waals surface area contributed by atoms with E-state index in [-0.39, 0.29) is 11.6 Å². The molecule has 1 heterocycles. The standard InChI is InChI=1S/C14H16FNO/c1-11(10-16-8-2-3-9-16)14(17)12-4-6-13(15)7-5-12/h4-7,10H,2-3,8-9H2,1H3. The zero-order chi connectivity index (χ0) is 12.3. The summed E-state index contributed by atoms with van der Waals surface area (Å²) in [6.45, 7) is 3.85. The predicted molar refractivity (Wildman–Crippen MR) is 65.3 cm³/mol. The molecule has 2 rings (SSSR count). The first-order chi connectivity index (χ1) is 8.16. The third kappa shape index (κ3) is 2.93. The minimum Gasteiger partial charge on any atom is -0.377 e. The molecule has 1 saturated heterocycles. The first-order valence-electron chi connectivity index (χ1n) is 5.89. The van der Waals surface area contributed by atoms with Crippen LogP contribution in [0.1, 0.15) is 30.1 Å². The molecule has 0 atom stereocenters. The van der Waals surface area contributed by atoms with Crippen molar-refractivity contribution in [3.8, 4) is 0 Å². The van der Waals surface area contributed by atoms with Gasteiger partial charge in [0.25, 0.3) is 0 Å². The van der Waals surface area contributed by atoms with Crippen LogP contribution in [0.15, 0.2) is 36.0 Å². The summed E-state index contributed by atoms with van der Waals surface area (Å²) < 4.78 is 12.7. The summed E-state index contributed by atoms with van der Waals surface area (Å²) in [5.74, 6) is -0.348. The van der Waals surface area contributed by atoms with E-state index in [9.17, 15) is 9.18 Å². The quantitative estimate of drug-likeness (QED) is 0.591. The lowest BCUT2D eigenvalue weighted by molar-refractivity contribution is 0.103. The zero-order valence-electron chi connectivity index (χ0n) is 9.95. The van der Waals surface area contributed by atoms with Gasteiger partial charge in [-0.05, 0) is 44.0 Å². The summed E-state index contributed by atoms with van der Waals surface area (Å²) in [4.78, 5) is 14.2. The molecule has 0 aliphatic carbocycles. The van der Waals surface area contributed by atoms with Crippen LogP contribution < -0.4 is 0 Å². The minimum atomic E-state index is -0.317. The fraction of sp³-hybridized carbons (Fsp3) is 0.357. The Balaban J connectivity index is 2.10. The largest absolute Gasteiger partial charge is 0.377 e. The molecule has 0 radical (unpaired) electrons. The van der Waals surface area contributed by atoms with E-state index < -0.39 is 0 Å². The fourth-order valence-electron chi connectivity index (χ4n) is 2.03. The number of rotatable bonds is 3. The van der Waals surface area contributed by atoms with Crippen molar-refractivity contribution in [2.24, 2.45) is 0 Å². The molecule has 0 saturated carbocycles. The van der Waals surface area contributed by atoms with Gasteiger partial charge in [0.15, 0.2) is 5.78 Å². The van der Waals surface area contributed by atoms with E-state index in [0.29, 0.717) is 11.1 Å². The Labute approximate surface area is 101 Å². The van der Waals surface area contributed by atoms with E-state index in [1.165, 1.54) is 37.1 Å². The van der Waals surface area contributed by atoms with Gasteiger partial charge in [0.2, 0.25) is 0 Å². The molecule has 1 aliphatic heterocycles. The average molecular weight is 233 g/mol.